The second-order valence-electron chi connectivity index (χ2n) is 6.85. The quantitative estimate of drug-likeness (QED) is 0.817. The normalized spacial score (nSPS) is 17.1. The fraction of sp³-hybridized carbons (Fsp3) is 0.526. The Balaban J connectivity index is 1.68. The number of carbonyl (C=O) groups is 1. The number of ether oxygens (including phenoxy) is 1. The second kappa shape index (κ2) is 8.31. The lowest BCUT2D eigenvalue weighted by Crippen LogP contribution is -2.32. The molecule has 0 bridgehead atoms. The van der Waals surface area contributed by atoms with Gasteiger partial charge in [-0.15, -0.1) is 0 Å². The van der Waals surface area contributed by atoms with Crippen molar-refractivity contribution in [3.63, 3.8) is 0 Å². The average molecular weight is 358 g/mol. The molecule has 1 aliphatic rings. The minimum Gasteiger partial charge on any atom is -0.492 e. The number of amides is 1. The third-order valence-corrected chi connectivity index (χ3v) is 4.47. The summed E-state index contributed by atoms with van der Waals surface area (Å²) in [6.07, 6.45) is 2.11. The molecule has 1 fully saturated rings. The van der Waals surface area contributed by atoms with Crippen molar-refractivity contribution in [3.05, 3.63) is 41.5 Å². The molecule has 7 nitrogen and oxygen atoms in total. The molecule has 0 spiro atoms. The summed E-state index contributed by atoms with van der Waals surface area (Å²) in [5, 5.41) is 4.03. The van der Waals surface area contributed by atoms with Crippen LogP contribution in [0.1, 0.15) is 55.9 Å². The van der Waals surface area contributed by atoms with Crippen molar-refractivity contribution in [1.82, 2.24) is 15.0 Å². The molecule has 1 aliphatic heterocycles. The summed E-state index contributed by atoms with van der Waals surface area (Å²) >= 11 is 0. The molecule has 1 amide bonds. The Morgan fingerprint density at radius 2 is 2.31 bits per heavy atom. The zero-order valence-corrected chi connectivity index (χ0v) is 15.4. The van der Waals surface area contributed by atoms with E-state index in [4.69, 9.17) is 15.0 Å². The first kappa shape index (κ1) is 18.4. The number of carbonyl (C=O) groups excluding carboxylic acids is 1. The minimum absolute atomic E-state index is 0.0628. The number of nitrogens with two attached hydrogens (primary N) is 1. The third-order valence-electron chi connectivity index (χ3n) is 4.47. The van der Waals surface area contributed by atoms with E-state index >= 15 is 0 Å². The molecule has 2 aromatic rings. The van der Waals surface area contributed by atoms with Gasteiger partial charge in [-0.3, -0.25) is 4.79 Å². The Kier molecular flexibility index (Phi) is 5.88. The molecule has 2 N–H and O–H groups in total. The highest BCUT2D eigenvalue weighted by Crippen LogP contribution is 2.32. The average Bonchev–Trinajstić information content (AvgIpc) is 3.29. The highest BCUT2D eigenvalue weighted by molar-refractivity contribution is 5.79. The van der Waals surface area contributed by atoms with Gasteiger partial charge in [0.2, 0.25) is 11.8 Å². The maximum absolute atomic E-state index is 12.8. The van der Waals surface area contributed by atoms with Crippen molar-refractivity contribution in [3.8, 4) is 5.75 Å². The van der Waals surface area contributed by atoms with Crippen LogP contribution in [0, 0.1) is 0 Å². The molecule has 1 saturated heterocycles. The summed E-state index contributed by atoms with van der Waals surface area (Å²) in [6.45, 7) is 5.67. The summed E-state index contributed by atoms with van der Waals surface area (Å²) in [4.78, 5) is 19.2. The van der Waals surface area contributed by atoms with Crippen LogP contribution in [0.5, 0.6) is 5.75 Å². The monoisotopic (exact) mass is 358 g/mol. The predicted molar refractivity (Wildman–Crippen MR) is 96.8 cm³/mol. The molecule has 140 valence electrons. The topological polar surface area (TPSA) is 94.5 Å². The Morgan fingerprint density at radius 3 is 3.04 bits per heavy atom. The van der Waals surface area contributed by atoms with Crippen LogP contribution in [0.25, 0.3) is 0 Å². The summed E-state index contributed by atoms with van der Waals surface area (Å²) in [5.74, 6) is 2.22. The van der Waals surface area contributed by atoms with Gasteiger partial charge in [-0.05, 0) is 30.5 Å². The molecule has 1 atom stereocenters. The molecular formula is C19H26N4O3. The Labute approximate surface area is 153 Å². The first-order valence-electron chi connectivity index (χ1n) is 9.13. The van der Waals surface area contributed by atoms with Gasteiger partial charge in [0.1, 0.15) is 18.4 Å². The van der Waals surface area contributed by atoms with Gasteiger partial charge in [0.05, 0.1) is 6.42 Å². The zero-order valence-electron chi connectivity index (χ0n) is 15.4. The fourth-order valence-electron chi connectivity index (χ4n) is 3.14. The Bertz CT molecular complexity index is 744. The third kappa shape index (κ3) is 4.22. The highest BCUT2D eigenvalue weighted by Gasteiger charge is 2.34. The smallest absolute Gasteiger partial charge is 0.249 e. The lowest BCUT2D eigenvalue weighted by atomic mass is 10.1. The van der Waals surface area contributed by atoms with Crippen molar-refractivity contribution >= 4 is 5.91 Å². The minimum atomic E-state index is -0.126. The van der Waals surface area contributed by atoms with E-state index in [2.05, 4.69) is 10.1 Å². The molecule has 0 aliphatic carbocycles. The second-order valence-corrected chi connectivity index (χ2v) is 6.85. The van der Waals surface area contributed by atoms with Gasteiger partial charge in [0, 0.05) is 19.0 Å². The van der Waals surface area contributed by atoms with Gasteiger partial charge < -0.3 is 19.9 Å². The molecular weight excluding hydrogens is 332 g/mol. The molecule has 7 heteroatoms. The van der Waals surface area contributed by atoms with Gasteiger partial charge in [-0.1, -0.05) is 31.1 Å². The van der Waals surface area contributed by atoms with Crippen LogP contribution < -0.4 is 10.5 Å². The molecule has 1 aromatic carbocycles. The molecule has 3 rings (SSSR count). The number of rotatable bonds is 7. The van der Waals surface area contributed by atoms with E-state index < -0.39 is 0 Å². The van der Waals surface area contributed by atoms with Gasteiger partial charge in [0.25, 0.3) is 0 Å². The van der Waals surface area contributed by atoms with Gasteiger partial charge in [-0.25, -0.2) is 0 Å². The summed E-state index contributed by atoms with van der Waals surface area (Å²) in [7, 11) is 0. The van der Waals surface area contributed by atoms with Crippen LogP contribution in [0.2, 0.25) is 0 Å². The summed E-state index contributed by atoms with van der Waals surface area (Å²) in [5.41, 5.74) is 6.38. The summed E-state index contributed by atoms with van der Waals surface area (Å²) in [6, 6.07) is 7.46. The van der Waals surface area contributed by atoms with Crippen molar-refractivity contribution in [2.75, 3.05) is 19.7 Å². The first-order valence-corrected chi connectivity index (χ1v) is 9.13. The van der Waals surface area contributed by atoms with E-state index in [1.807, 2.05) is 43.0 Å². The van der Waals surface area contributed by atoms with Crippen molar-refractivity contribution in [2.24, 2.45) is 5.73 Å². The van der Waals surface area contributed by atoms with Crippen LogP contribution in [-0.4, -0.2) is 40.6 Å². The molecule has 2 heterocycles. The number of hydrogen-bond acceptors (Lipinski definition) is 6. The van der Waals surface area contributed by atoms with Crippen molar-refractivity contribution in [2.45, 2.75) is 45.1 Å². The molecule has 0 saturated carbocycles. The molecule has 0 radical (unpaired) electrons. The molecule has 0 unspecified atom stereocenters. The van der Waals surface area contributed by atoms with E-state index in [0.29, 0.717) is 37.8 Å². The van der Waals surface area contributed by atoms with E-state index in [-0.39, 0.29) is 17.9 Å². The van der Waals surface area contributed by atoms with Gasteiger partial charge in [-0.2, -0.15) is 4.98 Å². The van der Waals surface area contributed by atoms with Crippen LogP contribution in [0.4, 0.5) is 0 Å². The van der Waals surface area contributed by atoms with E-state index in [0.717, 1.165) is 24.2 Å². The van der Waals surface area contributed by atoms with Crippen LogP contribution in [0.15, 0.2) is 28.8 Å². The van der Waals surface area contributed by atoms with Gasteiger partial charge >= 0.3 is 0 Å². The number of benzene rings is 1. The molecule has 1 aromatic heterocycles. The lowest BCUT2D eigenvalue weighted by molar-refractivity contribution is -0.131. The number of hydrogen-bond donors (Lipinski definition) is 1. The SMILES string of the molecule is CC(C)c1noc([C@@H]2CCCN2C(=O)Cc2cccc(OCCN)c2)n1. The maximum Gasteiger partial charge on any atom is 0.249 e. The maximum atomic E-state index is 12.8. The number of aromatic nitrogens is 2. The zero-order chi connectivity index (χ0) is 18.5. The number of likely N-dealkylation sites (tertiary alicyclic amines) is 1. The Morgan fingerprint density at radius 1 is 1.46 bits per heavy atom. The predicted octanol–water partition coefficient (Wildman–Crippen LogP) is 2.44. The van der Waals surface area contributed by atoms with Crippen molar-refractivity contribution < 1.29 is 14.1 Å². The van der Waals surface area contributed by atoms with E-state index in [1.165, 1.54) is 0 Å². The lowest BCUT2D eigenvalue weighted by Gasteiger charge is -2.22. The van der Waals surface area contributed by atoms with Crippen LogP contribution in [-0.2, 0) is 11.2 Å². The van der Waals surface area contributed by atoms with Gasteiger partial charge in [0.15, 0.2) is 5.82 Å². The molecule has 26 heavy (non-hydrogen) atoms. The Hall–Kier alpha value is -2.41. The first-order chi connectivity index (χ1) is 12.6. The van der Waals surface area contributed by atoms with E-state index in [1.54, 1.807) is 0 Å². The standard InChI is InChI=1S/C19H26N4O3/c1-13(2)18-21-19(26-22-18)16-7-4-9-23(16)17(24)12-14-5-3-6-15(11-14)25-10-8-20/h3,5-6,11,13,16H,4,7-10,12,20H2,1-2H3/t16-/m0/s1. The van der Waals surface area contributed by atoms with Crippen LogP contribution >= 0.6 is 0 Å². The number of nitrogens with zero attached hydrogens (tertiary/aromatic N) is 3. The fourth-order valence-corrected chi connectivity index (χ4v) is 3.14. The summed E-state index contributed by atoms with van der Waals surface area (Å²) < 4.78 is 11.0. The highest BCUT2D eigenvalue weighted by atomic mass is 16.5. The largest absolute Gasteiger partial charge is 0.492 e. The van der Waals surface area contributed by atoms with Crippen molar-refractivity contribution in [1.29, 1.82) is 0 Å². The van der Waals surface area contributed by atoms with Crippen LogP contribution in [0.3, 0.4) is 0 Å². The van der Waals surface area contributed by atoms with E-state index in [9.17, 15) is 4.79 Å².